The second-order valence-electron chi connectivity index (χ2n) is 0. The molecule has 0 aromatic carbocycles. The molecule has 0 atom stereocenters. The van der Waals surface area contributed by atoms with Crippen LogP contribution in [-0.4, -0.2) is 19.8 Å². The Labute approximate surface area is 89.1 Å². The number of rotatable bonds is 0. The molecular formula is GaGdOSc+7. The average molecular weight is 288 g/mol. The number of hydrogen-bond acceptors (Lipinski definition) is 0. The Hall–Kier alpha value is 2.79. The van der Waals surface area contributed by atoms with Gasteiger partial charge in [0.05, 0.1) is 0 Å². The maximum Gasteiger partial charge on any atom is 3.00 e. The van der Waals surface area contributed by atoms with Gasteiger partial charge in [0, 0.05) is 0 Å². The van der Waals surface area contributed by atoms with E-state index in [0.29, 0.717) is 0 Å². The third-order valence-corrected chi connectivity index (χ3v) is 0. The maximum absolute atomic E-state index is 0. The molecule has 0 aromatic heterocycles. The molecule has 0 aliphatic heterocycles. The molecule has 0 rings (SSSR count). The summed E-state index contributed by atoms with van der Waals surface area (Å²) in [7, 11) is 0. The molecule has 0 bridgehead atoms. The molecular weight excluding hydrogens is 288 g/mol. The van der Waals surface area contributed by atoms with Crippen LogP contribution in [0.2, 0.25) is 0 Å². The zero-order valence-electron chi connectivity index (χ0n) is 1.92. The molecule has 1 nitrogen and oxygen atoms in total. The third-order valence-electron chi connectivity index (χ3n) is 0. The van der Waals surface area contributed by atoms with Crippen LogP contribution in [0.3, 0.4) is 0 Å². The van der Waals surface area contributed by atoms with Crippen LogP contribution in [0.15, 0.2) is 0 Å². The van der Waals surface area contributed by atoms with Crippen molar-refractivity contribution < 1.29 is 71.3 Å². The van der Waals surface area contributed by atoms with Gasteiger partial charge in [-0.05, 0) is 0 Å². The molecule has 0 spiro atoms. The fourth-order valence-corrected chi connectivity index (χ4v) is 0. The minimum atomic E-state index is 0. The summed E-state index contributed by atoms with van der Waals surface area (Å²) in [5.41, 5.74) is 0. The number of hydrogen-bond donors (Lipinski definition) is 0. The zero-order valence-corrected chi connectivity index (χ0v) is 8.41. The molecule has 0 N–H and O–H groups in total. The fraction of sp³-hybridized carbons (Fsp3) is 0. The Morgan fingerprint density at radius 3 is 1.00 bits per heavy atom. The smallest absolute Gasteiger partial charge is 2.00 e. The van der Waals surface area contributed by atoms with Crippen LogP contribution in [0.4, 0.5) is 0 Å². The summed E-state index contributed by atoms with van der Waals surface area (Å²) in [6.07, 6.45) is 0. The van der Waals surface area contributed by atoms with Crippen molar-refractivity contribution in [2.45, 2.75) is 0 Å². The van der Waals surface area contributed by atoms with Gasteiger partial charge in [-0.1, -0.05) is 0 Å². The van der Waals surface area contributed by atoms with Gasteiger partial charge < -0.3 is 5.48 Å². The van der Waals surface area contributed by atoms with E-state index in [1.54, 1.807) is 0 Å². The quantitative estimate of drug-likeness (QED) is 0.538. The molecule has 0 heterocycles. The largest absolute Gasteiger partial charge is 3.00 e. The van der Waals surface area contributed by atoms with E-state index in [2.05, 4.69) is 0 Å². The molecule has 0 fully saturated rings. The molecule has 4 heavy (non-hydrogen) atoms. The Balaban J connectivity index is 0. The Morgan fingerprint density at radius 2 is 1.00 bits per heavy atom. The zero-order chi connectivity index (χ0) is 0. The van der Waals surface area contributed by atoms with Crippen molar-refractivity contribution >= 4 is 19.8 Å². The van der Waals surface area contributed by atoms with E-state index in [0.717, 1.165) is 0 Å². The minimum absolute atomic E-state index is 0. The Kier molecular flexibility index (Phi) is 125. The van der Waals surface area contributed by atoms with E-state index in [-0.39, 0.29) is 91.1 Å². The SMILES string of the molecule is [Ga+3].[Gd+3].[O-2].[Sc+3]. The Bertz CT molecular complexity index is 8.00. The van der Waals surface area contributed by atoms with Crippen molar-refractivity contribution in [3.63, 3.8) is 0 Å². The molecule has 0 amide bonds. The van der Waals surface area contributed by atoms with E-state index in [1.165, 1.54) is 0 Å². The summed E-state index contributed by atoms with van der Waals surface area (Å²) in [5.74, 6) is 0. The second kappa shape index (κ2) is 17.1. The van der Waals surface area contributed by atoms with Crippen molar-refractivity contribution in [2.75, 3.05) is 0 Å². The molecule has 0 unspecified atom stereocenters. The molecule has 0 saturated carbocycles. The minimum Gasteiger partial charge on any atom is -2.00 e. The van der Waals surface area contributed by atoms with Crippen LogP contribution >= 0.6 is 0 Å². The topological polar surface area (TPSA) is 28.5 Å². The fourth-order valence-electron chi connectivity index (χ4n) is 0. The average Bonchev–Trinajstić information content (AvgIpc) is 0. The van der Waals surface area contributed by atoms with E-state index in [4.69, 9.17) is 0 Å². The van der Waals surface area contributed by atoms with Crippen LogP contribution in [0.1, 0.15) is 0 Å². The first-order valence-corrected chi connectivity index (χ1v) is 0. The van der Waals surface area contributed by atoms with Gasteiger partial charge >= 0.3 is 85.6 Å². The predicted octanol–water partition coefficient (Wildman–Crippen LogP) is -0.502. The van der Waals surface area contributed by atoms with Crippen molar-refractivity contribution in [1.29, 1.82) is 0 Å². The summed E-state index contributed by atoms with van der Waals surface area (Å²) in [5, 5.41) is 0. The monoisotopic (exact) mass is 288 g/mol. The third kappa shape index (κ3) is 8.84. The summed E-state index contributed by atoms with van der Waals surface area (Å²) >= 11 is 0. The van der Waals surface area contributed by atoms with E-state index >= 15 is 0 Å². The van der Waals surface area contributed by atoms with Gasteiger partial charge in [0.2, 0.25) is 0 Å². The standard InChI is InChI=1S/Ga.Gd.O.Sc/q2*+3;-2;+3. The molecule has 13 valence electrons. The summed E-state index contributed by atoms with van der Waals surface area (Å²) in [6, 6.07) is 0. The normalized spacial score (nSPS) is 0. The van der Waals surface area contributed by atoms with Gasteiger partial charge in [-0.3, -0.25) is 0 Å². The van der Waals surface area contributed by atoms with Gasteiger partial charge in [-0.25, -0.2) is 0 Å². The van der Waals surface area contributed by atoms with Crippen molar-refractivity contribution in [1.82, 2.24) is 0 Å². The molecule has 0 aliphatic carbocycles. The van der Waals surface area contributed by atoms with E-state index in [1.807, 2.05) is 0 Å². The first kappa shape index (κ1) is 29.2. The first-order chi connectivity index (χ1) is 0. The van der Waals surface area contributed by atoms with E-state index < -0.39 is 0 Å². The Morgan fingerprint density at radius 1 is 1.00 bits per heavy atom. The molecule has 0 saturated heterocycles. The molecule has 1 radical (unpaired) electrons. The summed E-state index contributed by atoms with van der Waals surface area (Å²) < 4.78 is 0. The second-order valence-corrected chi connectivity index (χ2v) is 0. The molecule has 0 aromatic rings. The van der Waals surface area contributed by atoms with Gasteiger partial charge in [0.1, 0.15) is 0 Å². The van der Waals surface area contributed by atoms with Crippen molar-refractivity contribution in [2.24, 2.45) is 0 Å². The van der Waals surface area contributed by atoms with Gasteiger partial charge in [0.15, 0.2) is 0 Å². The van der Waals surface area contributed by atoms with E-state index in [9.17, 15) is 0 Å². The molecule has 0 aliphatic rings. The van der Waals surface area contributed by atoms with Crippen LogP contribution < -0.4 is 0 Å². The van der Waals surface area contributed by atoms with Crippen molar-refractivity contribution in [3.8, 4) is 0 Å². The van der Waals surface area contributed by atoms with Gasteiger partial charge in [-0.15, -0.1) is 0 Å². The van der Waals surface area contributed by atoms with Crippen molar-refractivity contribution in [3.05, 3.63) is 0 Å². The first-order valence-electron chi connectivity index (χ1n) is 0. The molecule has 4 heteroatoms. The summed E-state index contributed by atoms with van der Waals surface area (Å²) in [4.78, 5) is 0. The predicted molar refractivity (Wildman–Crippen MR) is 6.44 cm³/mol. The van der Waals surface area contributed by atoms with Crippen LogP contribution in [0, 0.1) is 39.9 Å². The summed E-state index contributed by atoms with van der Waals surface area (Å²) in [6.45, 7) is 0. The van der Waals surface area contributed by atoms with Crippen LogP contribution in [0.25, 0.3) is 0 Å². The van der Waals surface area contributed by atoms with Crippen LogP contribution in [-0.2, 0) is 31.3 Å². The van der Waals surface area contributed by atoms with Gasteiger partial charge in [0.25, 0.3) is 0 Å². The maximum atomic E-state index is 0. The van der Waals surface area contributed by atoms with Gasteiger partial charge in [-0.2, -0.15) is 0 Å². The van der Waals surface area contributed by atoms with Crippen LogP contribution in [0.5, 0.6) is 0 Å².